The molecule has 17 heavy (non-hydrogen) atoms. The average Bonchev–Trinajstić information content (AvgIpc) is 2.74. The molecule has 0 aliphatic rings. The molecule has 3 rings (SSSR count). The van der Waals surface area contributed by atoms with Crippen molar-refractivity contribution in [2.24, 2.45) is 0 Å². The Bertz CT molecular complexity index is 691. The Morgan fingerprint density at radius 2 is 2.12 bits per heavy atom. The molecule has 6 nitrogen and oxygen atoms in total. The highest BCUT2D eigenvalue weighted by Gasteiger charge is 2.09. The average molecular weight is 227 g/mol. The molecule has 0 saturated carbocycles. The summed E-state index contributed by atoms with van der Waals surface area (Å²) < 4.78 is 1.75. The molecule has 3 N–H and O–H groups in total. The molecule has 3 aromatic heterocycles. The number of rotatable bonds is 1. The van der Waals surface area contributed by atoms with Crippen LogP contribution in [0.2, 0.25) is 0 Å². The second kappa shape index (κ2) is 3.44. The standard InChI is InChI=1S/C11H9N5O/c12-11-13-4-3-7(15-11)8-6-14-10-9(17)2-1-5-16(8)10/h1-6,17H,(H2,12,13,15). The molecule has 84 valence electrons. The van der Waals surface area contributed by atoms with E-state index < -0.39 is 0 Å². The van der Waals surface area contributed by atoms with Gasteiger partial charge in [0.05, 0.1) is 17.6 Å². The van der Waals surface area contributed by atoms with E-state index in [1.54, 1.807) is 41.2 Å². The second-order valence-electron chi connectivity index (χ2n) is 3.53. The normalized spacial score (nSPS) is 10.8. The van der Waals surface area contributed by atoms with E-state index in [-0.39, 0.29) is 11.7 Å². The first-order valence-electron chi connectivity index (χ1n) is 4.99. The first-order valence-corrected chi connectivity index (χ1v) is 4.99. The second-order valence-corrected chi connectivity index (χ2v) is 3.53. The lowest BCUT2D eigenvalue weighted by Gasteiger charge is -2.01. The lowest BCUT2D eigenvalue weighted by atomic mass is 10.3. The van der Waals surface area contributed by atoms with Crippen LogP contribution < -0.4 is 5.73 Å². The van der Waals surface area contributed by atoms with Gasteiger partial charge < -0.3 is 10.8 Å². The van der Waals surface area contributed by atoms with Crippen molar-refractivity contribution in [3.63, 3.8) is 0 Å². The van der Waals surface area contributed by atoms with Gasteiger partial charge in [-0.05, 0) is 18.2 Å². The maximum Gasteiger partial charge on any atom is 0.220 e. The number of imidazole rings is 1. The van der Waals surface area contributed by atoms with Gasteiger partial charge >= 0.3 is 0 Å². The monoisotopic (exact) mass is 227 g/mol. The van der Waals surface area contributed by atoms with Crippen LogP contribution in [0.15, 0.2) is 36.8 Å². The molecular formula is C11H9N5O. The van der Waals surface area contributed by atoms with Gasteiger partial charge in [0.25, 0.3) is 0 Å². The first kappa shape index (κ1) is 9.59. The fraction of sp³-hybridized carbons (Fsp3) is 0. The highest BCUT2D eigenvalue weighted by molar-refractivity contribution is 5.64. The van der Waals surface area contributed by atoms with E-state index in [2.05, 4.69) is 15.0 Å². The fourth-order valence-electron chi connectivity index (χ4n) is 1.70. The van der Waals surface area contributed by atoms with Crippen molar-refractivity contribution < 1.29 is 5.11 Å². The maximum absolute atomic E-state index is 9.65. The third kappa shape index (κ3) is 1.46. The number of fused-ring (bicyclic) bond motifs is 1. The van der Waals surface area contributed by atoms with Gasteiger partial charge in [0.15, 0.2) is 11.4 Å². The minimum atomic E-state index is 0.126. The summed E-state index contributed by atoms with van der Waals surface area (Å²) in [6.07, 6.45) is 5.02. The molecule has 0 aromatic carbocycles. The van der Waals surface area contributed by atoms with Gasteiger partial charge in [0.2, 0.25) is 5.95 Å². The molecule has 0 aliphatic heterocycles. The Kier molecular flexibility index (Phi) is 1.94. The Morgan fingerprint density at radius 3 is 2.94 bits per heavy atom. The van der Waals surface area contributed by atoms with Crippen LogP contribution in [-0.4, -0.2) is 24.5 Å². The van der Waals surface area contributed by atoms with Crippen LogP contribution in [0.3, 0.4) is 0 Å². The highest BCUT2D eigenvalue weighted by Crippen LogP contribution is 2.23. The zero-order valence-electron chi connectivity index (χ0n) is 8.78. The molecule has 0 saturated heterocycles. The SMILES string of the molecule is Nc1nccc(-c2cnc3c(O)cccn23)n1. The Labute approximate surface area is 96.4 Å². The zero-order chi connectivity index (χ0) is 11.8. The van der Waals surface area contributed by atoms with Crippen molar-refractivity contribution in [2.45, 2.75) is 0 Å². The van der Waals surface area contributed by atoms with Gasteiger partial charge in [-0.2, -0.15) is 0 Å². The lowest BCUT2D eigenvalue weighted by Crippen LogP contribution is -1.96. The number of aromatic hydroxyl groups is 1. The predicted molar refractivity (Wildman–Crippen MR) is 62.3 cm³/mol. The summed E-state index contributed by atoms with van der Waals surface area (Å²) in [5, 5.41) is 9.65. The van der Waals surface area contributed by atoms with Crippen molar-refractivity contribution in [1.29, 1.82) is 0 Å². The Hall–Kier alpha value is -2.63. The summed E-state index contributed by atoms with van der Waals surface area (Å²) in [5.41, 5.74) is 7.44. The molecule has 0 aliphatic carbocycles. The minimum Gasteiger partial charge on any atom is -0.504 e. The smallest absolute Gasteiger partial charge is 0.220 e. The van der Waals surface area contributed by atoms with Crippen molar-refractivity contribution in [3.05, 3.63) is 36.8 Å². The van der Waals surface area contributed by atoms with Crippen molar-refractivity contribution >= 4 is 11.6 Å². The van der Waals surface area contributed by atoms with Gasteiger partial charge in [0, 0.05) is 12.4 Å². The molecule has 3 heterocycles. The van der Waals surface area contributed by atoms with E-state index in [1.165, 1.54) is 0 Å². The Morgan fingerprint density at radius 1 is 1.24 bits per heavy atom. The fourth-order valence-corrected chi connectivity index (χ4v) is 1.70. The quantitative estimate of drug-likeness (QED) is 0.649. The summed E-state index contributed by atoms with van der Waals surface area (Å²) in [4.78, 5) is 12.1. The van der Waals surface area contributed by atoms with E-state index in [0.717, 1.165) is 5.69 Å². The van der Waals surface area contributed by atoms with Crippen molar-refractivity contribution in [2.75, 3.05) is 5.73 Å². The van der Waals surface area contributed by atoms with Crippen LogP contribution in [0.1, 0.15) is 0 Å². The first-order chi connectivity index (χ1) is 8.25. The van der Waals surface area contributed by atoms with Gasteiger partial charge in [-0.1, -0.05) is 0 Å². The van der Waals surface area contributed by atoms with Gasteiger partial charge in [-0.25, -0.2) is 15.0 Å². The van der Waals surface area contributed by atoms with Crippen LogP contribution >= 0.6 is 0 Å². The molecule has 0 spiro atoms. The zero-order valence-corrected chi connectivity index (χ0v) is 8.78. The third-order valence-electron chi connectivity index (χ3n) is 2.45. The van der Waals surface area contributed by atoms with Crippen LogP contribution in [0.5, 0.6) is 5.75 Å². The molecule has 6 heteroatoms. The Balaban J connectivity index is 2.28. The summed E-state index contributed by atoms with van der Waals surface area (Å²) in [5.74, 6) is 0.332. The van der Waals surface area contributed by atoms with Crippen LogP contribution in [0, 0.1) is 0 Å². The van der Waals surface area contributed by atoms with E-state index in [9.17, 15) is 5.11 Å². The number of hydrogen-bond acceptors (Lipinski definition) is 5. The number of hydrogen-bond donors (Lipinski definition) is 2. The highest BCUT2D eigenvalue weighted by atomic mass is 16.3. The van der Waals surface area contributed by atoms with Crippen LogP contribution in [-0.2, 0) is 0 Å². The summed E-state index contributed by atoms with van der Waals surface area (Å²) in [6.45, 7) is 0. The summed E-state index contributed by atoms with van der Waals surface area (Å²) in [6, 6.07) is 5.06. The number of nitrogen functional groups attached to an aromatic ring is 1. The van der Waals surface area contributed by atoms with E-state index in [4.69, 9.17) is 5.73 Å². The number of aromatic nitrogens is 4. The minimum absolute atomic E-state index is 0.126. The molecule has 0 bridgehead atoms. The van der Waals surface area contributed by atoms with Crippen LogP contribution in [0.4, 0.5) is 5.95 Å². The van der Waals surface area contributed by atoms with E-state index in [0.29, 0.717) is 11.3 Å². The summed E-state index contributed by atoms with van der Waals surface area (Å²) in [7, 11) is 0. The summed E-state index contributed by atoms with van der Waals surface area (Å²) >= 11 is 0. The molecule has 0 atom stereocenters. The van der Waals surface area contributed by atoms with Gasteiger partial charge in [0.1, 0.15) is 0 Å². The largest absolute Gasteiger partial charge is 0.504 e. The molecule has 0 radical (unpaired) electrons. The van der Waals surface area contributed by atoms with Crippen LogP contribution in [0.25, 0.3) is 17.0 Å². The number of nitrogens with two attached hydrogens (primary N) is 1. The van der Waals surface area contributed by atoms with E-state index >= 15 is 0 Å². The maximum atomic E-state index is 9.65. The van der Waals surface area contributed by atoms with Gasteiger partial charge in [-0.15, -0.1) is 0 Å². The van der Waals surface area contributed by atoms with Crippen molar-refractivity contribution in [3.8, 4) is 17.1 Å². The number of pyridine rings is 1. The van der Waals surface area contributed by atoms with E-state index in [1.807, 2.05) is 0 Å². The molecule has 0 fully saturated rings. The number of anilines is 1. The topological polar surface area (TPSA) is 89.3 Å². The molecule has 3 aromatic rings. The third-order valence-corrected chi connectivity index (χ3v) is 2.45. The molecule has 0 amide bonds. The lowest BCUT2D eigenvalue weighted by molar-refractivity contribution is 0.477. The number of nitrogens with zero attached hydrogens (tertiary/aromatic N) is 4. The van der Waals surface area contributed by atoms with Crippen molar-refractivity contribution in [1.82, 2.24) is 19.4 Å². The predicted octanol–water partition coefficient (Wildman–Crippen LogP) is 1.08. The van der Waals surface area contributed by atoms with Gasteiger partial charge in [-0.3, -0.25) is 4.40 Å². The molecular weight excluding hydrogens is 218 g/mol. The molecule has 0 unspecified atom stereocenters.